The van der Waals surface area contributed by atoms with Gasteiger partial charge in [0.2, 0.25) is 5.91 Å². The molecule has 29 heavy (non-hydrogen) atoms. The van der Waals surface area contributed by atoms with Crippen LogP contribution in [-0.2, 0) is 9.59 Å². The summed E-state index contributed by atoms with van der Waals surface area (Å²) in [6.07, 6.45) is -0.793. The molecule has 0 saturated heterocycles. The second-order valence-electron chi connectivity index (χ2n) is 6.73. The van der Waals surface area contributed by atoms with E-state index in [2.05, 4.69) is 5.32 Å². The van der Waals surface area contributed by atoms with E-state index in [1.54, 1.807) is 26.0 Å². The van der Waals surface area contributed by atoms with Crippen LogP contribution >= 0.6 is 0 Å². The summed E-state index contributed by atoms with van der Waals surface area (Å²) in [5.41, 5.74) is 1.49. The molecule has 150 valence electrons. The molecule has 0 aliphatic carbocycles. The summed E-state index contributed by atoms with van der Waals surface area (Å²) < 4.78 is 5.56. The van der Waals surface area contributed by atoms with Gasteiger partial charge in [0.05, 0.1) is 16.3 Å². The van der Waals surface area contributed by atoms with Crippen LogP contribution in [0.15, 0.2) is 36.4 Å². The van der Waals surface area contributed by atoms with Crippen molar-refractivity contribution < 1.29 is 24.0 Å². The molecule has 1 heterocycles. The van der Waals surface area contributed by atoms with E-state index in [1.807, 2.05) is 0 Å². The number of anilines is 2. The summed E-state index contributed by atoms with van der Waals surface area (Å²) in [7, 11) is 0. The van der Waals surface area contributed by atoms with Gasteiger partial charge in [0.15, 0.2) is 11.9 Å². The monoisotopic (exact) mass is 397 g/mol. The van der Waals surface area contributed by atoms with Gasteiger partial charge in [0.1, 0.15) is 12.3 Å². The van der Waals surface area contributed by atoms with Crippen LogP contribution < -0.4 is 15.0 Å². The van der Waals surface area contributed by atoms with Crippen molar-refractivity contribution in [2.75, 3.05) is 16.8 Å². The molecule has 1 atom stereocenters. The van der Waals surface area contributed by atoms with Gasteiger partial charge in [-0.25, -0.2) is 0 Å². The second kappa shape index (κ2) is 7.70. The highest BCUT2D eigenvalue weighted by molar-refractivity contribution is 6.07. The van der Waals surface area contributed by atoms with Gasteiger partial charge in [-0.3, -0.25) is 29.4 Å². The lowest BCUT2D eigenvalue weighted by molar-refractivity contribution is -0.384. The number of Topliss-reactive ketones (excluding diaryl/α,β-unsaturated/α-hetero) is 1. The normalized spacial score (nSPS) is 15.3. The van der Waals surface area contributed by atoms with Crippen LogP contribution in [0.25, 0.3) is 0 Å². The van der Waals surface area contributed by atoms with E-state index in [0.717, 1.165) is 0 Å². The molecule has 2 aromatic carbocycles. The average Bonchev–Trinajstić information content (AvgIpc) is 2.66. The van der Waals surface area contributed by atoms with E-state index < -0.39 is 22.8 Å². The van der Waals surface area contributed by atoms with Crippen molar-refractivity contribution in [2.45, 2.75) is 26.9 Å². The van der Waals surface area contributed by atoms with E-state index >= 15 is 0 Å². The molecule has 0 fully saturated rings. The minimum absolute atomic E-state index is 0.154. The number of non-ortho nitro benzene ring substituents is 1. The molecule has 2 amide bonds. The number of ether oxygens (including phenoxy) is 1. The highest BCUT2D eigenvalue weighted by Gasteiger charge is 2.33. The largest absolute Gasteiger partial charge is 0.479 e. The lowest BCUT2D eigenvalue weighted by Crippen LogP contribution is -2.47. The molecule has 1 aliphatic rings. The van der Waals surface area contributed by atoms with Crippen molar-refractivity contribution in [3.05, 3.63) is 57.6 Å². The van der Waals surface area contributed by atoms with Gasteiger partial charge in [-0.15, -0.1) is 0 Å². The molecular formula is C20H19N3O6. The zero-order valence-corrected chi connectivity index (χ0v) is 16.1. The molecule has 1 unspecified atom stereocenters. The molecule has 9 nitrogen and oxygen atoms in total. The first-order valence-corrected chi connectivity index (χ1v) is 8.85. The van der Waals surface area contributed by atoms with Crippen molar-refractivity contribution in [2.24, 2.45) is 0 Å². The van der Waals surface area contributed by atoms with Crippen LogP contribution in [0.4, 0.5) is 17.1 Å². The number of carbonyl (C=O) groups is 3. The molecular weight excluding hydrogens is 378 g/mol. The minimum atomic E-state index is -0.793. The summed E-state index contributed by atoms with van der Waals surface area (Å²) in [6, 6.07) is 8.83. The highest BCUT2D eigenvalue weighted by Crippen LogP contribution is 2.35. The number of rotatable bonds is 5. The molecule has 1 aliphatic heterocycles. The van der Waals surface area contributed by atoms with E-state index in [4.69, 9.17) is 4.74 Å². The molecule has 2 aromatic rings. The molecule has 3 rings (SSSR count). The number of ketones is 1. The van der Waals surface area contributed by atoms with E-state index in [9.17, 15) is 24.5 Å². The number of carbonyl (C=O) groups excluding carboxylic acids is 3. The maximum absolute atomic E-state index is 12.6. The lowest BCUT2D eigenvalue weighted by Gasteiger charge is -2.32. The van der Waals surface area contributed by atoms with Crippen molar-refractivity contribution in [3.63, 3.8) is 0 Å². The number of hydrogen-bond donors (Lipinski definition) is 1. The van der Waals surface area contributed by atoms with Gasteiger partial charge >= 0.3 is 0 Å². The number of nitrogens with zero attached hydrogens (tertiary/aromatic N) is 2. The van der Waals surface area contributed by atoms with Gasteiger partial charge in [-0.2, -0.15) is 0 Å². The Labute approximate surface area is 166 Å². The Morgan fingerprint density at radius 1 is 1.24 bits per heavy atom. The minimum Gasteiger partial charge on any atom is -0.479 e. The lowest BCUT2D eigenvalue weighted by atomic mass is 10.1. The third kappa shape index (κ3) is 4.08. The molecule has 0 spiro atoms. The summed E-state index contributed by atoms with van der Waals surface area (Å²) in [6.45, 7) is 4.34. The Kier molecular flexibility index (Phi) is 5.31. The van der Waals surface area contributed by atoms with Crippen molar-refractivity contribution in [1.29, 1.82) is 0 Å². The molecule has 0 bridgehead atoms. The zero-order chi connectivity index (χ0) is 21.3. The summed E-state index contributed by atoms with van der Waals surface area (Å²) in [4.78, 5) is 48.6. The third-order valence-electron chi connectivity index (χ3n) is 4.58. The van der Waals surface area contributed by atoms with Gasteiger partial charge in [0.25, 0.3) is 11.6 Å². The maximum Gasteiger partial charge on any atom is 0.271 e. The Balaban J connectivity index is 1.88. The standard InChI is InChI=1S/C20H19N3O6/c1-11-4-6-15(23(27)28)9-16(11)21-19(25)10-22-17-8-14(12(2)24)5-7-18(17)29-13(3)20(22)26/h4-9,13H,10H2,1-3H3,(H,21,25). The number of nitrogens with one attached hydrogen (secondary N) is 1. The van der Waals surface area contributed by atoms with Gasteiger partial charge < -0.3 is 10.1 Å². The summed E-state index contributed by atoms with van der Waals surface area (Å²) >= 11 is 0. The van der Waals surface area contributed by atoms with Gasteiger partial charge in [-0.1, -0.05) is 6.07 Å². The van der Waals surface area contributed by atoms with Crippen LogP contribution in [0.3, 0.4) is 0 Å². The number of benzene rings is 2. The topological polar surface area (TPSA) is 119 Å². The Bertz CT molecular complexity index is 1030. The van der Waals surface area contributed by atoms with Crippen molar-refractivity contribution >= 4 is 34.7 Å². The Hall–Kier alpha value is -3.75. The predicted molar refractivity (Wildman–Crippen MR) is 105 cm³/mol. The number of nitro benzene ring substituents is 1. The van der Waals surface area contributed by atoms with Gasteiger partial charge in [0, 0.05) is 17.7 Å². The maximum atomic E-state index is 12.6. The van der Waals surface area contributed by atoms with E-state index in [1.165, 1.54) is 36.1 Å². The number of fused-ring (bicyclic) bond motifs is 1. The Morgan fingerprint density at radius 2 is 1.97 bits per heavy atom. The van der Waals surface area contributed by atoms with Crippen LogP contribution in [0.2, 0.25) is 0 Å². The van der Waals surface area contributed by atoms with Gasteiger partial charge in [-0.05, 0) is 44.5 Å². The zero-order valence-electron chi connectivity index (χ0n) is 16.1. The number of aryl methyl sites for hydroxylation is 1. The quantitative estimate of drug-likeness (QED) is 0.471. The summed E-state index contributed by atoms with van der Waals surface area (Å²) in [5.74, 6) is -0.753. The number of hydrogen-bond acceptors (Lipinski definition) is 6. The van der Waals surface area contributed by atoms with E-state index in [0.29, 0.717) is 22.6 Å². The first kappa shape index (κ1) is 20.0. The van der Waals surface area contributed by atoms with Crippen LogP contribution in [0.1, 0.15) is 29.8 Å². The molecule has 1 N–H and O–H groups in total. The van der Waals surface area contributed by atoms with Crippen LogP contribution in [0.5, 0.6) is 5.75 Å². The van der Waals surface area contributed by atoms with Crippen molar-refractivity contribution in [3.8, 4) is 5.75 Å². The Morgan fingerprint density at radius 3 is 2.62 bits per heavy atom. The van der Waals surface area contributed by atoms with Crippen molar-refractivity contribution in [1.82, 2.24) is 0 Å². The molecule has 9 heteroatoms. The highest BCUT2D eigenvalue weighted by atomic mass is 16.6. The fourth-order valence-corrected chi connectivity index (χ4v) is 2.98. The van der Waals surface area contributed by atoms with Crippen LogP contribution in [0, 0.1) is 17.0 Å². The van der Waals surface area contributed by atoms with Crippen LogP contribution in [-0.4, -0.2) is 35.2 Å². The predicted octanol–water partition coefficient (Wildman–Crippen LogP) is 2.86. The average molecular weight is 397 g/mol. The third-order valence-corrected chi connectivity index (χ3v) is 4.58. The smallest absolute Gasteiger partial charge is 0.271 e. The molecule has 0 saturated carbocycles. The second-order valence-corrected chi connectivity index (χ2v) is 6.73. The van der Waals surface area contributed by atoms with E-state index in [-0.39, 0.29) is 23.7 Å². The first-order valence-electron chi connectivity index (χ1n) is 8.85. The fraction of sp³-hybridized carbons (Fsp3) is 0.250. The molecule has 0 aromatic heterocycles. The number of nitro groups is 1. The fourth-order valence-electron chi connectivity index (χ4n) is 2.98. The molecule has 0 radical (unpaired) electrons. The number of amides is 2. The summed E-state index contributed by atoms with van der Waals surface area (Å²) in [5, 5.41) is 13.6. The SMILES string of the molecule is CC(=O)c1ccc2c(c1)N(CC(=O)Nc1cc([N+](=O)[O-])ccc1C)C(=O)C(C)O2. The first-order chi connectivity index (χ1) is 13.7.